The van der Waals surface area contributed by atoms with Gasteiger partial charge in [0.2, 0.25) is 6.41 Å². The quantitative estimate of drug-likeness (QED) is 0.665. The Morgan fingerprint density at radius 3 is 3.17 bits per heavy atom. The van der Waals surface area contributed by atoms with Gasteiger partial charge in [-0.15, -0.1) is 0 Å². The molecule has 1 N–H and O–H groups in total. The van der Waals surface area contributed by atoms with Crippen molar-refractivity contribution < 1.29 is 4.79 Å². The highest BCUT2D eigenvalue weighted by Gasteiger charge is 1.96. The molecular formula is C8H7N3O. The van der Waals surface area contributed by atoms with Gasteiger partial charge in [-0.3, -0.25) is 4.79 Å². The van der Waals surface area contributed by atoms with Gasteiger partial charge in [-0.25, -0.2) is 4.98 Å². The number of rotatable bonds is 2. The highest BCUT2D eigenvalue weighted by atomic mass is 16.1. The number of imidazole rings is 1. The van der Waals surface area contributed by atoms with Crippen LogP contribution >= 0.6 is 0 Å². The normalized spacial score (nSPS) is 10.0. The van der Waals surface area contributed by atoms with Crippen molar-refractivity contribution in [2.75, 3.05) is 5.32 Å². The first-order chi connectivity index (χ1) is 5.90. The van der Waals surface area contributed by atoms with Crippen LogP contribution in [0.25, 0.3) is 5.65 Å². The van der Waals surface area contributed by atoms with Crippen LogP contribution in [-0.2, 0) is 4.79 Å². The molecule has 0 unspecified atom stereocenters. The molecular weight excluding hydrogens is 154 g/mol. The van der Waals surface area contributed by atoms with Gasteiger partial charge in [0.05, 0.1) is 6.20 Å². The Bertz CT molecular complexity index is 374. The fraction of sp³-hybridized carbons (Fsp3) is 0. The Labute approximate surface area is 68.8 Å². The minimum absolute atomic E-state index is 0.566. The zero-order chi connectivity index (χ0) is 8.39. The van der Waals surface area contributed by atoms with Gasteiger partial charge in [0.1, 0.15) is 5.65 Å². The lowest BCUT2D eigenvalue weighted by Crippen LogP contribution is -1.92. The molecule has 12 heavy (non-hydrogen) atoms. The number of fused-ring (bicyclic) bond motifs is 1. The monoisotopic (exact) mass is 161 g/mol. The SMILES string of the molecule is O=CNc1cn2ccccc2n1. The molecule has 0 fully saturated rings. The molecule has 4 heteroatoms. The van der Waals surface area contributed by atoms with Gasteiger partial charge in [0, 0.05) is 6.20 Å². The van der Waals surface area contributed by atoms with Crippen LogP contribution in [0.2, 0.25) is 0 Å². The number of carbonyl (C=O) groups excluding carboxylic acids is 1. The third kappa shape index (κ3) is 1.03. The highest BCUT2D eigenvalue weighted by molar-refractivity contribution is 5.69. The van der Waals surface area contributed by atoms with E-state index < -0.39 is 0 Å². The van der Waals surface area contributed by atoms with Crippen molar-refractivity contribution in [2.45, 2.75) is 0 Å². The standard InChI is InChI=1S/C8H7N3O/c12-6-9-7-5-11-4-2-1-3-8(11)10-7/h1-6H,(H,9,12). The van der Waals surface area contributed by atoms with E-state index in [1.165, 1.54) is 0 Å². The molecule has 0 radical (unpaired) electrons. The Morgan fingerprint density at radius 1 is 1.50 bits per heavy atom. The molecule has 4 nitrogen and oxygen atoms in total. The number of amides is 1. The summed E-state index contributed by atoms with van der Waals surface area (Å²) in [6, 6.07) is 5.67. The maximum Gasteiger partial charge on any atom is 0.212 e. The average Bonchev–Trinajstić information content (AvgIpc) is 2.47. The number of nitrogens with zero attached hydrogens (tertiary/aromatic N) is 2. The van der Waals surface area contributed by atoms with Crippen LogP contribution in [0.3, 0.4) is 0 Å². The number of nitrogens with one attached hydrogen (secondary N) is 1. The second-order valence-electron chi connectivity index (χ2n) is 2.35. The van der Waals surface area contributed by atoms with Crippen LogP contribution in [0.4, 0.5) is 5.82 Å². The van der Waals surface area contributed by atoms with Crippen molar-refractivity contribution in [3.8, 4) is 0 Å². The molecule has 0 aliphatic carbocycles. The van der Waals surface area contributed by atoms with E-state index in [1.54, 1.807) is 6.20 Å². The van der Waals surface area contributed by atoms with E-state index >= 15 is 0 Å². The van der Waals surface area contributed by atoms with Gasteiger partial charge >= 0.3 is 0 Å². The molecule has 0 saturated heterocycles. The van der Waals surface area contributed by atoms with Crippen molar-refractivity contribution >= 4 is 17.9 Å². The van der Waals surface area contributed by atoms with E-state index in [2.05, 4.69) is 10.3 Å². The van der Waals surface area contributed by atoms with Crippen LogP contribution in [0.15, 0.2) is 30.6 Å². The summed E-state index contributed by atoms with van der Waals surface area (Å²) in [6.07, 6.45) is 4.24. The van der Waals surface area contributed by atoms with Crippen molar-refractivity contribution in [2.24, 2.45) is 0 Å². The van der Waals surface area contributed by atoms with E-state index in [9.17, 15) is 4.79 Å². The molecule has 0 spiro atoms. The summed E-state index contributed by atoms with van der Waals surface area (Å²) in [5.41, 5.74) is 0.821. The Hall–Kier alpha value is -1.84. The first-order valence-corrected chi connectivity index (χ1v) is 3.54. The lowest BCUT2D eigenvalue weighted by atomic mass is 10.5. The third-order valence-corrected chi connectivity index (χ3v) is 1.57. The van der Waals surface area contributed by atoms with Crippen LogP contribution in [0.5, 0.6) is 0 Å². The summed E-state index contributed by atoms with van der Waals surface area (Å²) < 4.78 is 1.84. The fourth-order valence-electron chi connectivity index (χ4n) is 1.06. The van der Waals surface area contributed by atoms with Crippen LogP contribution in [0, 0.1) is 0 Å². The number of aromatic nitrogens is 2. The number of hydrogen-bond donors (Lipinski definition) is 1. The second kappa shape index (κ2) is 2.65. The Kier molecular flexibility index (Phi) is 1.51. The summed E-state index contributed by atoms with van der Waals surface area (Å²) in [5.74, 6) is 0.566. The summed E-state index contributed by atoms with van der Waals surface area (Å²) in [6.45, 7) is 0. The van der Waals surface area contributed by atoms with Crippen LogP contribution < -0.4 is 5.32 Å². The molecule has 0 bridgehead atoms. The van der Waals surface area contributed by atoms with Gasteiger partial charge in [-0.2, -0.15) is 0 Å². The molecule has 0 atom stereocenters. The number of anilines is 1. The average molecular weight is 161 g/mol. The van der Waals surface area contributed by atoms with E-state index in [0.717, 1.165) is 5.65 Å². The third-order valence-electron chi connectivity index (χ3n) is 1.57. The summed E-state index contributed by atoms with van der Waals surface area (Å²) in [5, 5.41) is 2.48. The molecule has 0 aromatic carbocycles. The van der Waals surface area contributed by atoms with Crippen molar-refractivity contribution in [1.82, 2.24) is 9.38 Å². The van der Waals surface area contributed by atoms with E-state index in [-0.39, 0.29) is 0 Å². The van der Waals surface area contributed by atoms with Crippen LogP contribution in [0.1, 0.15) is 0 Å². The van der Waals surface area contributed by atoms with Gasteiger partial charge in [0.15, 0.2) is 5.82 Å². The lowest BCUT2D eigenvalue weighted by molar-refractivity contribution is -0.105. The molecule has 0 aliphatic rings. The van der Waals surface area contributed by atoms with Gasteiger partial charge in [-0.1, -0.05) is 6.07 Å². The van der Waals surface area contributed by atoms with E-state index in [1.807, 2.05) is 28.8 Å². The molecule has 0 aliphatic heterocycles. The predicted molar refractivity (Wildman–Crippen MR) is 44.9 cm³/mol. The van der Waals surface area contributed by atoms with Crippen molar-refractivity contribution in [3.63, 3.8) is 0 Å². The summed E-state index contributed by atoms with van der Waals surface area (Å²) >= 11 is 0. The zero-order valence-corrected chi connectivity index (χ0v) is 6.27. The molecule has 1 amide bonds. The molecule has 2 aromatic rings. The molecule has 2 heterocycles. The lowest BCUT2D eigenvalue weighted by Gasteiger charge is -1.86. The number of hydrogen-bond acceptors (Lipinski definition) is 2. The molecule has 60 valence electrons. The number of carbonyl (C=O) groups is 1. The van der Waals surface area contributed by atoms with Crippen LogP contribution in [-0.4, -0.2) is 15.8 Å². The molecule has 0 saturated carbocycles. The van der Waals surface area contributed by atoms with Gasteiger partial charge in [0.25, 0.3) is 0 Å². The Balaban J connectivity index is 2.54. The minimum Gasteiger partial charge on any atom is -0.312 e. The first kappa shape index (κ1) is 6.84. The molecule has 2 rings (SSSR count). The minimum atomic E-state index is 0.566. The zero-order valence-electron chi connectivity index (χ0n) is 6.27. The largest absolute Gasteiger partial charge is 0.312 e. The van der Waals surface area contributed by atoms with Crippen molar-refractivity contribution in [1.29, 1.82) is 0 Å². The maximum atomic E-state index is 10.1. The Morgan fingerprint density at radius 2 is 2.42 bits per heavy atom. The second-order valence-corrected chi connectivity index (χ2v) is 2.35. The first-order valence-electron chi connectivity index (χ1n) is 3.54. The summed E-state index contributed by atoms with van der Waals surface area (Å²) in [4.78, 5) is 14.2. The van der Waals surface area contributed by atoms with Gasteiger partial charge < -0.3 is 9.72 Å². The summed E-state index contributed by atoms with van der Waals surface area (Å²) in [7, 11) is 0. The molecule has 2 aromatic heterocycles. The van der Waals surface area contributed by atoms with Crippen molar-refractivity contribution in [3.05, 3.63) is 30.6 Å². The number of pyridine rings is 1. The fourth-order valence-corrected chi connectivity index (χ4v) is 1.06. The smallest absolute Gasteiger partial charge is 0.212 e. The highest BCUT2D eigenvalue weighted by Crippen LogP contribution is 2.07. The topological polar surface area (TPSA) is 46.4 Å². The van der Waals surface area contributed by atoms with Gasteiger partial charge in [-0.05, 0) is 12.1 Å². The van der Waals surface area contributed by atoms with E-state index in [0.29, 0.717) is 12.2 Å². The van der Waals surface area contributed by atoms with E-state index in [4.69, 9.17) is 0 Å². The maximum absolute atomic E-state index is 10.1. The predicted octanol–water partition coefficient (Wildman–Crippen LogP) is 0.903.